The minimum absolute atomic E-state index is 0. The maximum atomic E-state index is 11.9. The molecule has 1 atom stereocenters. The van der Waals surface area contributed by atoms with Crippen molar-refractivity contribution in [2.24, 2.45) is 0 Å². The molecule has 19 heteroatoms. The molecular formula is C32H36N6O10S3. The first-order valence-electron chi connectivity index (χ1n) is 15.3. The lowest BCUT2D eigenvalue weighted by Gasteiger charge is -2.03. The van der Waals surface area contributed by atoms with E-state index in [0.29, 0.717) is 57.6 Å². The molecule has 0 saturated carbocycles. The molecule has 6 rings (SSSR count). The molecule has 1 unspecified atom stereocenters. The van der Waals surface area contributed by atoms with Crippen LogP contribution in [0.15, 0.2) is 70.5 Å². The smallest absolute Gasteiger partial charge is 0.337 e. The Bertz CT molecular complexity index is 2650. The third-order valence-corrected chi connectivity index (χ3v) is 9.08. The van der Waals surface area contributed by atoms with Gasteiger partial charge in [0, 0.05) is 24.0 Å². The van der Waals surface area contributed by atoms with Crippen LogP contribution in [0.4, 0.5) is 0 Å². The lowest BCUT2D eigenvalue weighted by molar-refractivity contribution is 0.540. The highest BCUT2D eigenvalue weighted by molar-refractivity contribution is 7.99. The Kier molecular flexibility index (Phi) is 14.1. The highest BCUT2D eigenvalue weighted by Crippen LogP contribution is 2.16. The van der Waals surface area contributed by atoms with Gasteiger partial charge >= 0.3 is 16.9 Å². The Labute approximate surface area is 299 Å². The van der Waals surface area contributed by atoms with Crippen LogP contribution in [0.5, 0.6) is 0 Å². The van der Waals surface area contributed by atoms with Gasteiger partial charge in [-0.1, -0.05) is 53.8 Å². The number of thioether (sulfide) groups is 1. The van der Waals surface area contributed by atoms with Gasteiger partial charge in [0.1, 0.15) is 16.2 Å². The molecule has 51 heavy (non-hydrogen) atoms. The van der Waals surface area contributed by atoms with E-state index in [9.17, 15) is 33.0 Å². The second-order valence-electron chi connectivity index (χ2n) is 10.1. The summed E-state index contributed by atoms with van der Waals surface area (Å²) in [5.74, 6) is 1.11. The van der Waals surface area contributed by atoms with Gasteiger partial charge < -0.3 is 23.2 Å². The number of nitrogens with one attached hydrogen (secondary N) is 4. The monoisotopic (exact) mass is 760 g/mol. The number of fused-ring (bicyclic) bond motifs is 3. The first-order valence-corrected chi connectivity index (χ1v) is 18.0. The summed E-state index contributed by atoms with van der Waals surface area (Å²) in [6, 6.07) is 3.93. The Hall–Kier alpha value is -5.01. The summed E-state index contributed by atoms with van der Waals surface area (Å²) in [6.45, 7) is 9.22. The number of aromatic amines is 4. The van der Waals surface area contributed by atoms with Crippen molar-refractivity contribution in [1.82, 2.24) is 29.9 Å². The summed E-state index contributed by atoms with van der Waals surface area (Å²) in [5, 5.41) is 1.47. The van der Waals surface area contributed by atoms with E-state index in [2.05, 4.69) is 29.9 Å². The van der Waals surface area contributed by atoms with Crippen molar-refractivity contribution in [3.8, 4) is 0 Å². The van der Waals surface area contributed by atoms with Crippen LogP contribution in [-0.4, -0.2) is 45.6 Å². The van der Waals surface area contributed by atoms with E-state index >= 15 is 0 Å². The van der Waals surface area contributed by atoms with E-state index in [-0.39, 0.29) is 51.0 Å². The van der Waals surface area contributed by atoms with Crippen LogP contribution in [0, 0.1) is 4.77 Å². The summed E-state index contributed by atoms with van der Waals surface area (Å²) >= 11 is 6.17. The molecule has 16 nitrogen and oxygen atoms in total. The maximum absolute atomic E-state index is 11.9. The fourth-order valence-electron chi connectivity index (χ4n) is 4.72. The number of aromatic nitrogens is 6. The van der Waals surface area contributed by atoms with Crippen LogP contribution >= 0.6 is 24.0 Å². The maximum Gasteiger partial charge on any atom is 0.337 e. The summed E-state index contributed by atoms with van der Waals surface area (Å²) in [6.07, 6.45) is 1.69. The van der Waals surface area contributed by atoms with Crippen molar-refractivity contribution in [2.45, 2.75) is 71.6 Å². The van der Waals surface area contributed by atoms with E-state index in [1.165, 1.54) is 30.0 Å². The summed E-state index contributed by atoms with van der Waals surface area (Å²) in [7, 11) is -1.40. The van der Waals surface area contributed by atoms with E-state index in [0.717, 1.165) is 5.75 Å². The third kappa shape index (κ3) is 9.41. The zero-order chi connectivity index (χ0) is 36.7. The van der Waals surface area contributed by atoms with Crippen LogP contribution < -0.4 is 33.6 Å². The van der Waals surface area contributed by atoms with Gasteiger partial charge in [-0.25, -0.2) is 14.4 Å². The summed E-state index contributed by atoms with van der Waals surface area (Å²) in [4.78, 5) is 87.5. The SMILES string of the molecule is C.CCSc1nc2oc(=O)cc(CC)c2c(=O)[nH]1.CCc1cc(=O)oc2[nH]c(=S)[nH]c(=O)c12.CCc1cc(=O)oc2nc(S(=O)CC)[nH]c(=O)c12. The Morgan fingerprint density at radius 2 is 1.14 bits per heavy atom. The van der Waals surface area contributed by atoms with E-state index in [1.54, 1.807) is 6.92 Å². The minimum Gasteiger partial charge on any atom is -0.405 e. The van der Waals surface area contributed by atoms with Crippen LogP contribution in [0.1, 0.15) is 58.7 Å². The molecule has 4 N–H and O–H groups in total. The molecule has 0 bridgehead atoms. The number of H-pyrrole nitrogens is 4. The average molecular weight is 761 g/mol. The number of aryl methyl sites for hydroxylation is 3. The molecule has 0 fully saturated rings. The van der Waals surface area contributed by atoms with Gasteiger partial charge in [0.25, 0.3) is 16.7 Å². The van der Waals surface area contributed by atoms with Gasteiger partial charge in [-0.3, -0.25) is 28.6 Å². The molecule has 0 spiro atoms. The van der Waals surface area contributed by atoms with Gasteiger partial charge in [0.2, 0.25) is 22.3 Å². The van der Waals surface area contributed by atoms with Crippen molar-refractivity contribution in [1.29, 1.82) is 0 Å². The van der Waals surface area contributed by atoms with Crippen molar-refractivity contribution in [3.05, 3.63) is 102 Å². The molecule has 0 saturated heterocycles. The highest BCUT2D eigenvalue weighted by atomic mass is 32.2. The summed E-state index contributed by atoms with van der Waals surface area (Å²) < 4.78 is 26.5. The largest absolute Gasteiger partial charge is 0.405 e. The standard InChI is InChI=1S/C11H12N2O4S.C11H12N2O3S.C9H8N2O3S.CH4/c1-3-6-5-7(14)17-10-8(6)9(15)12-11(13-10)18(16)4-2;1-3-6-5-7(14)16-10-8(6)9(15)12-11(13-10)17-4-2;1-2-4-3-5(12)14-8-6(4)7(13)10-9(15)11-8;/h5H,3-4H2,1-2H3,(H,12,13,15);5H,3-4H2,1-2H3,(H,12,13,15);3H,2H2,1H3,(H2,10,11,13,15);1H4. The zero-order valence-corrected chi connectivity index (χ0v) is 29.9. The molecule has 0 aliphatic heterocycles. The molecule has 0 radical (unpaired) electrons. The van der Waals surface area contributed by atoms with Crippen molar-refractivity contribution >= 4 is 68.1 Å². The van der Waals surface area contributed by atoms with Gasteiger partial charge in [0.05, 0.1) is 10.8 Å². The van der Waals surface area contributed by atoms with Crippen molar-refractivity contribution in [3.63, 3.8) is 0 Å². The minimum atomic E-state index is -1.40. The Morgan fingerprint density at radius 1 is 0.667 bits per heavy atom. The quantitative estimate of drug-likeness (QED) is 0.103. The Morgan fingerprint density at radius 3 is 1.65 bits per heavy atom. The molecule has 0 amide bonds. The molecular weight excluding hydrogens is 725 g/mol. The number of hydrogen-bond acceptors (Lipinski definition) is 14. The topological polar surface area (TPSA) is 248 Å². The molecule has 0 aliphatic rings. The lowest BCUT2D eigenvalue weighted by Crippen LogP contribution is -2.17. The van der Waals surface area contributed by atoms with Gasteiger partial charge in [0.15, 0.2) is 9.93 Å². The van der Waals surface area contributed by atoms with Crippen molar-refractivity contribution in [2.75, 3.05) is 11.5 Å². The molecule has 6 aromatic heterocycles. The number of rotatable bonds is 7. The van der Waals surface area contributed by atoms with Crippen molar-refractivity contribution < 1.29 is 17.5 Å². The molecule has 6 aromatic rings. The molecule has 0 aromatic carbocycles. The van der Waals surface area contributed by atoms with E-state index < -0.39 is 33.2 Å². The van der Waals surface area contributed by atoms with Gasteiger partial charge in [-0.05, 0) is 53.9 Å². The molecule has 272 valence electrons. The van der Waals surface area contributed by atoms with Crippen LogP contribution in [0.3, 0.4) is 0 Å². The van der Waals surface area contributed by atoms with Crippen LogP contribution in [0.25, 0.3) is 33.3 Å². The Balaban J connectivity index is 0.000000205. The second-order valence-corrected chi connectivity index (χ2v) is 13.4. The first kappa shape index (κ1) is 40.4. The highest BCUT2D eigenvalue weighted by Gasteiger charge is 2.14. The fraction of sp³-hybridized carbons (Fsp3) is 0.344. The van der Waals surface area contributed by atoms with Gasteiger partial charge in [-0.15, -0.1) is 0 Å². The predicted octanol–water partition coefficient (Wildman–Crippen LogP) is 3.85. The van der Waals surface area contributed by atoms with Crippen LogP contribution in [0.2, 0.25) is 0 Å². The summed E-state index contributed by atoms with van der Waals surface area (Å²) in [5.41, 5.74) is -0.475. The lowest BCUT2D eigenvalue weighted by atomic mass is 10.1. The van der Waals surface area contributed by atoms with E-state index in [1.807, 2.05) is 27.7 Å². The fourth-order valence-corrected chi connectivity index (χ4v) is 6.16. The molecule has 0 aliphatic carbocycles. The van der Waals surface area contributed by atoms with Crippen LogP contribution in [-0.2, 0) is 30.1 Å². The number of nitrogens with zero attached hydrogens (tertiary/aromatic N) is 2. The zero-order valence-electron chi connectivity index (χ0n) is 27.5. The number of hydrogen-bond donors (Lipinski definition) is 4. The molecule has 6 heterocycles. The first-order chi connectivity index (χ1) is 23.8. The predicted molar refractivity (Wildman–Crippen MR) is 198 cm³/mol. The average Bonchev–Trinajstić information content (AvgIpc) is 3.06. The van der Waals surface area contributed by atoms with E-state index in [4.69, 9.17) is 25.5 Å². The second kappa shape index (κ2) is 17.8. The van der Waals surface area contributed by atoms with Gasteiger partial charge in [-0.2, -0.15) is 9.97 Å². The third-order valence-electron chi connectivity index (χ3n) is 6.98. The normalized spacial score (nSPS) is 11.3.